The van der Waals surface area contributed by atoms with Crippen molar-refractivity contribution in [2.24, 2.45) is 11.7 Å². The lowest BCUT2D eigenvalue weighted by molar-refractivity contribution is 0.629. The third-order valence-electron chi connectivity index (χ3n) is 3.06. The molecule has 2 aromatic rings. The van der Waals surface area contributed by atoms with Crippen LogP contribution in [0.15, 0.2) is 34.1 Å². The maximum Gasteiger partial charge on any atom is 0.110 e. The van der Waals surface area contributed by atoms with E-state index in [1.165, 1.54) is 12.8 Å². The minimum atomic E-state index is 0.140. The number of hydrogen-bond acceptors (Lipinski definition) is 3. The predicted octanol–water partition coefficient (Wildman–Crippen LogP) is 3.98. The summed E-state index contributed by atoms with van der Waals surface area (Å²) in [4.78, 5) is 4.66. The zero-order valence-corrected chi connectivity index (χ0v) is 11.7. The van der Waals surface area contributed by atoms with Gasteiger partial charge in [0.1, 0.15) is 5.01 Å². The molecular formula is C13H13BrN2S. The fourth-order valence-corrected chi connectivity index (χ4v) is 3.20. The number of nitrogens with zero attached hydrogens (tertiary/aromatic N) is 1. The van der Waals surface area contributed by atoms with E-state index in [0.29, 0.717) is 5.92 Å². The summed E-state index contributed by atoms with van der Waals surface area (Å²) in [7, 11) is 0. The highest BCUT2D eigenvalue weighted by Gasteiger charge is 2.31. The van der Waals surface area contributed by atoms with Crippen molar-refractivity contribution < 1.29 is 0 Å². The summed E-state index contributed by atoms with van der Waals surface area (Å²) in [6, 6.07) is 8.35. The maximum absolute atomic E-state index is 6.16. The van der Waals surface area contributed by atoms with Crippen LogP contribution in [0.4, 0.5) is 0 Å². The van der Waals surface area contributed by atoms with Gasteiger partial charge in [-0.3, -0.25) is 0 Å². The zero-order valence-electron chi connectivity index (χ0n) is 9.27. The Balaban J connectivity index is 1.89. The average Bonchev–Trinajstić information content (AvgIpc) is 3.05. The van der Waals surface area contributed by atoms with E-state index < -0.39 is 0 Å². The Morgan fingerprint density at radius 3 is 2.94 bits per heavy atom. The van der Waals surface area contributed by atoms with Crippen molar-refractivity contribution >= 4 is 27.3 Å². The summed E-state index contributed by atoms with van der Waals surface area (Å²) in [5.74, 6) is 0.663. The molecule has 3 rings (SSSR count). The van der Waals surface area contributed by atoms with Gasteiger partial charge in [0.05, 0.1) is 11.7 Å². The Morgan fingerprint density at radius 2 is 2.24 bits per heavy atom. The van der Waals surface area contributed by atoms with Crippen LogP contribution >= 0.6 is 27.3 Å². The van der Waals surface area contributed by atoms with Gasteiger partial charge in [-0.15, -0.1) is 11.3 Å². The molecule has 1 fully saturated rings. The molecule has 0 bridgehead atoms. The summed E-state index contributed by atoms with van der Waals surface area (Å²) in [6.07, 6.45) is 2.51. The number of rotatable bonds is 3. The fraction of sp³-hybridized carbons (Fsp3) is 0.308. The van der Waals surface area contributed by atoms with Crippen molar-refractivity contribution in [3.63, 3.8) is 0 Å². The highest BCUT2D eigenvalue weighted by Crippen LogP contribution is 2.40. The Kier molecular flexibility index (Phi) is 3.03. The Bertz CT molecular complexity index is 534. The molecule has 88 valence electrons. The number of hydrogen-bond donors (Lipinski definition) is 1. The van der Waals surface area contributed by atoms with E-state index in [-0.39, 0.29) is 6.04 Å². The Labute approximate surface area is 113 Å². The first-order valence-corrected chi connectivity index (χ1v) is 7.38. The van der Waals surface area contributed by atoms with Crippen LogP contribution in [0.25, 0.3) is 11.3 Å². The van der Waals surface area contributed by atoms with Gasteiger partial charge in [0.15, 0.2) is 0 Å². The van der Waals surface area contributed by atoms with Crippen molar-refractivity contribution in [1.29, 1.82) is 0 Å². The van der Waals surface area contributed by atoms with Gasteiger partial charge in [-0.25, -0.2) is 4.98 Å². The van der Waals surface area contributed by atoms with Gasteiger partial charge in [-0.2, -0.15) is 0 Å². The zero-order chi connectivity index (χ0) is 11.8. The second-order valence-electron chi connectivity index (χ2n) is 4.44. The topological polar surface area (TPSA) is 38.9 Å². The van der Waals surface area contributed by atoms with Gasteiger partial charge in [0, 0.05) is 15.4 Å². The molecule has 17 heavy (non-hydrogen) atoms. The number of nitrogens with two attached hydrogens (primary N) is 1. The van der Waals surface area contributed by atoms with Crippen LogP contribution in [0, 0.1) is 5.92 Å². The molecule has 0 saturated heterocycles. The second kappa shape index (κ2) is 4.52. The molecule has 0 radical (unpaired) electrons. The van der Waals surface area contributed by atoms with Crippen molar-refractivity contribution in [1.82, 2.24) is 4.98 Å². The van der Waals surface area contributed by atoms with Gasteiger partial charge < -0.3 is 5.73 Å². The average molecular weight is 309 g/mol. The number of benzene rings is 1. The molecule has 2 nitrogen and oxygen atoms in total. The molecular weight excluding hydrogens is 296 g/mol. The van der Waals surface area contributed by atoms with Crippen LogP contribution in [-0.4, -0.2) is 4.98 Å². The van der Waals surface area contributed by atoms with Crippen molar-refractivity contribution in [3.05, 3.63) is 39.1 Å². The van der Waals surface area contributed by atoms with E-state index in [1.54, 1.807) is 11.3 Å². The van der Waals surface area contributed by atoms with Gasteiger partial charge in [0.2, 0.25) is 0 Å². The molecule has 1 unspecified atom stereocenters. The molecule has 0 aliphatic heterocycles. The van der Waals surface area contributed by atoms with E-state index in [9.17, 15) is 0 Å². The lowest BCUT2D eigenvalue weighted by atomic mass is 10.2. The van der Waals surface area contributed by atoms with E-state index in [1.807, 2.05) is 12.1 Å². The highest BCUT2D eigenvalue weighted by molar-refractivity contribution is 9.10. The van der Waals surface area contributed by atoms with Gasteiger partial charge in [-0.05, 0) is 30.9 Å². The third kappa shape index (κ3) is 2.44. The third-order valence-corrected chi connectivity index (χ3v) is 4.50. The molecule has 0 spiro atoms. The number of aromatic nitrogens is 1. The summed E-state index contributed by atoms with van der Waals surface area (Å²) < 4.78 is 1.08. The smallest absolute Gasteiger partial charge is 0.110 e. The predicted molar refractivity (Wildman–Crippen MR) is 74.9 cm³/mol. The summed E-state index contributed by atoms with van der Waals surface area (Å²) >= 11 is 5.15. The van der Waals surface area contributed by atoms with Crippen molar-refractivity contribution in [3.8, 4) is 11.3 Å². The lowest BCUT2D eigenvalue weighted by Crippen LogP contribution is -2.11. The molecule has 1 aliphatic rings. The minimum Gasteiger partial charge on any atom is -0.322 e. The van der Waals surface area contributed by atoms with Gasteiger partial charge in [-0.1, -0.05) is 28.1 Å². The van der Waals surface area contributed by atoms with E-state index in [2.05, 4.69) is 38.4 Å². The normalized spacial score (nSPS) is 17.1. The molecule has 1 heterocycles. The largest absolute Gasteiger partial charge is 0.322 e. The Morgan fingerprint density at radius 1 is 1.41 bits per heavy atom. The first kappa shape index (κ1) is 11.4. The fourth-order valence-electron chi connectivity index (χ4n) is 1.88. The minimum absolute atomic E-state index is 0.140. The number of halogens is 1. The van der Waals surface area contributed by atoms with Crippen LogP contribution in [0.3, 0.4) is 0 Å². The molecule has 4 heteroatoms. The molecule has 1 aromatic heterocycles. The van der Waals surface area contributed by atoms with Crippen LogP contribution in [-0.2, 0) is 0 Å². The van der Waals surface area contributed by atoms with Gasteiger partial charge >= 0.3 is 0 Å². The maximum atomic E-state index is 6.16. The van der Waals surface area contributed by atoms with Crippen LogP contribution in [0.1, 0.15) is 23.9 Å². The lowest BCUT2D eigenvalue weighted by Gasteiger charge is -2.04. The van der Waals surface area contributed by atoms with E-state index in [4.69, 9.17) is 5.73 Å². The molecule has 2 N–H and O–H groups in total. The van der Waals surface area contributed by atoms with Crippen LogP contribution < -0.4 is 5.73 Å². The van der Waals surface area contributed by atoms with Crippen molar-refractivity contribution in [2.45, 2.75) is 18.9 Å². The van der Waals surface area contributed by atoms with Gasteiger partial charge in [0.25, 0.3) is 0 Å². The molecule has 1 saturated carbocycles. The SMILES string of the molecule is NC(c1nc(-c2cccc(Br)c2)cs1)C1CC1. The van der Waals surface area contributed by atoms with Crippen LogP contribution in [0.5, 0.6) is 0 Å². The molecule has 1 aromatic carbocycles. The Hall–Kier alpha value is -0.710. The second-order valence-corrected chi connectivity index (χ2v) is 6.25. The molecule has 0 amide bonds. The summed E-state index contributed by atoms with van der Waals surface area (Å²) in [5, 5.41) is 3.17. The monoisotopic (exact) mass is 308 g/mol. The first-order chi connectivity index (χ1) is 8.24. The first-order valence-electron chi connectivity index (χ1n) is 5.71. The van der Waals surface area contributed by atoms with Crippen molar-refractivity contribution in [2.75, 3.05) is 0 Å². The summed E-state index contributed by atoms with van der Waals surface area (Å²) in [6.45, 7) is 0. The standard InChI is InChI=1S/C13H13BrN2S/c14-10-3-1-2-9(6-10)11-7-17-13(16-11)12(15)8-4-5-8/h1-3,6-8,12H,4-5,15H2. The van der Waals surface area contributed by atoms with Crippen LogP contribution in [0.2, 0.25) is 0 Å². The summed E-state index contributed by atoms with van der Waals surface area (Å²) in [5.41, 5.74) is 8.33. The molecule has 1 aliphatic carbocycles. The highest BCUT2D eigenvalue weighted by atomic mass is 79.9. The molecule has 1 atom stereocenters. The number of thiazole rings is 1. The van der Waals surface area contributed by atoms with E-state index >= 15 is 0 Å². The van der Waals surface area contributed by atoms with E-state index in [0.717, 1.165) is 20.7 Å². The quantitative estimate of drug-likeness (QED) is 0.931.